The molecule has 0 aliphatic carbocycles. The van der Waals surface area contributed by atoms with Gasteiger partial charge in [-0.1, -0.05) is 19.9 Å². The molecule has 1 atom stereocenters. The third-order valence-electron chi connectivity index (χ3n) is 2.50. The van der Waals surface area contributed by atoms with E-state index in [9.17, 15) is 10.1 Å². The van der Waals surface area contributed by atoms with Crippen LogP contribution in [0.25, 0.3) is 0 Å². The van der Waals surface area contributed by atoms with E-state index in [2.05, 4.69) is 36.4 Å². The lowest BCUT2D eigenvalue weighted by molar-refractivity contribution is -0.385. The van der Waals surface area contributed by atoms with E-state index in [1.54, 1.807) is 18.2 Å². The van der Waals surface area contributed by atoms with Gasteiger partial charge in [0.25, 0.3) is 5.69 Å². The van der Waals surface area contributed by atoms with Crippen molar-refractivity contribution in [3.63, 3.8) is 0 Å². The fourth-order valence-corrected chi connectivity index (χ4v) is 2.51. The molecule has 0 amide bonds. The van der Waals surface area contributed by atoms with Crippen LogP contribution < -0.4 is 5.73 Å². The molecule has 94 valence electrons. The van der Waals surface area contributed by atoms with Crippen molar-refractivity contribution in [2.45, 2.75) is 32.7 Å². The summed E-state index contributed by atoms with van der Waals surface area (Å²) in [7, 11) is 0. The minimum atomic E-state index is -0.375. The molecular formula is C12H17IN2O2. The number of nitrogens with zero attached hydrogens (tertiary/aromatic N) is 1. The minimum absolute atomic E-state index is 0.116. The van der Waals surface area contributed by atoms with E-state index in [0.717, 1.165) is 22.0 Å². The molecule has 0 aliphatic heterocycles. The van der Waals surface area contributed by atoms with Crippen molar-refractivity contribution in [1.29, 1.82) is 0 Å². The maximum atomic E-state index is 10.6. The molecule has 0 heterocycles. The second-order valence-electron chi connectivity index (χ2n) is 4.63. The molecule has 17 heavy (non-hydrogen) atoms. The standard InChI is InChI=1S/C12H17IN2O2/c1-8(2)5-10(14)6-9-3-4-11(15(16)17)7-12(9)13/h3-4,7-8,10H,5-6,14H2,1-2H3. The van der Waals surface area contributed by atoms with Gasteiger partial charge in [0.15, 0.2) is 0 Å². The van der Waals surface area contributed by atoms with E-state index in [1.807, 2.05) is 0 Å². The summed E-state index contributed by atoms with van der Waals surface area (Å²) in [5.41, 5.74) is 7.26. The molecule has 4 nitrogen and oxygen atoms in total. The molecule has 1 aromatic rings. The average molecular weight is 348 g/mol. The summed E-state index contributed by atoms with van der Waals surface area (Å²) in [5.74, 6) is 0.570. The molecule has 1 unspecified atom stereocenters. The topological polar surface area (TPSA) is 69.2 Å². The zero-order chi connectivity index (χ0) is 13.0. The first-order chi connectivity index (χ1) is 7.90. The lowest BCUT2D eigenvalue weighted by Crippen LogP contribution is -2.25. The molecule has 0 aliphatic rings. The molecule has 0 aromatic heterocycles. The fourth-order valence-electron chi connectivity index (χ4n) is 1.79. The van der Waals surface area contributed by atoms with Crippen molar-refractivity contribution in [2.24, 2.45) is 11.7 Å². The SMILES string of the molecule is CC(C)CC(N)Cc1ccc([N+](=O)[O-])cc1I. The van der Waals surface area contributed by atoms with Crippen molar-refractivity contribution in [3.8, 4) is 0 Å². The molecule has 0 saturated carbocycles. The number of rotatable bonds is 5. The lowest BCUT2D eigenvalue weighted by atomic mass is 9.98. The quantitative estimate of drug-likeness (QED) is 0.505. The zero-order valence-electron chi connectivity index (χ0n) is 10.0. The van der Waals surface area contributed by atoms with Gasteiger partial charge in [-0.3, -0.25) is 10.1 Å². The van der Waals surface area contributed by atoms with Gasteiger partial charge in [0, 0.05) is 21.7 Å². The van der Waals surface area contributed by atoms with Gasteiger partial charge in [-0.25, -0.2) is 0 Å². The number of nitrogens with two attached hydrogens (primary N) is 1. The molecule has 0 spiro atoms. The Morgan fingerprint density at radius 3 is 2.59 bits per heavy atom. The Labute approximate surface area is 115 Å². The van der Waals surface area contributed by atoms with Crippen molar-refractivity contribution in [2.75, 3.05) is 0 Å². The number of hydrogen-bond donors (Lipinski definition) is 1. The summed E-state index contributed by atoms with van der Waals surface area (Å²) in [6.07, 6.45) is 1.74. The number of benzene rings is 1. The second-order valence-corrected chi connectivity index (χ2v) is 5.79. The number of nitro groups is 1. The molecule has 0 bridgehead atoms. The number of hydrogen-bond acceptors (Lipinski definition) is 3. The highest BCUT2D eigenvalue weighted by atomic mass is 127. The van der Waals surface area contributed by atoms with Gasteiger partial charge in [0.1, 0.15) is 0 Å². The highest BCUT2D eigenvalue weighted by Gasteiger charge is 2.12. The third-order valence-corrected chi connectivity index (χ3v) is 3.51. The molecule has 1 rings (SSSR count). The molecule has 0 radical (unpaired) electrons. The number of nitro benzene ring substituents is 1. The van der Waals surface area contributed by atoms with Crippen LogP contribution in [0.4, 0.5) is 5.69 Å². The summed E-state index contributed by atoms with van der Waals surface area (Å²) < 4.78 is 0.913. The van der Waals surface area contributed by atoms with Gasteiger partial charge in [-0.2, -0.15) is 0 Å². The number of non-ortho nitro benzene ring substituents is 1. The summed E-state index contributed by atoms with van der Waals surface area (Å²) in [6, 6.07) is 5.06. The average Bonchev–Trinajstić information content (AvgIpc) is 2.19. The predicted molar refractivity (Wildman–Crippen MR) is 76.9 cm³/mol. The first-order valence-corrected chi connectivity index (χ1v) is 6.66. The molecule has 5 heteroatoms. The fraction of sp³-hybridized carbons (Fsp3) is 0.500. The van der Waals surface area contributed by atoms with Crippen LogP contribution in [0.1, 0.15) is 25.8 Å². The van der Waals surface area contributed by atoms with E-state index in [4.69, 9.17) is 5.73 Å². The second kappa shape index (κ2) is 6.30. The Bertz CT molecular complexity index is 407. The van der Waals surface area contributed by atoms with Crippen LogP contribution in [0.2, 0.25) is 0 Å². The molecule has 2 N–H and O–H groups in total. The Balaban J connectivity index is 2.75. The first-order valence-electron chi connectivity index (χ1n) is 5.58. The molecule has 1 aromatic carbocycles. The molecular weight excluding hydrogens is 331 g/mol. The molecule has 0 fully saturated rings. The highest BCUT2D eigenvalue weighted by molar-refractivity contribution is 14.1. The van der Waals surface area contributed by atoms with Crippen LogP contribution in [0, 0.1) is 19.6 Å². The van der Waals surface area contributed by atoms with Gasteiger partial charge in [-0.15, -0.1) is 0 Å². The van der Waals surface area contributed by atoms with Crippen molar-refractivity contribution in [3.05, 3.63) is 37.4 Å². The van der Waals surface area contributed by atoms with Crippen LogP contribution in [0.5, 0.6) is 0 Å². The summed E-state index contributed by atoms with van der Waals surface area (Å²) in [5, 5.41) is 10.6. The molecule has 0 saturated heterocycles. The van der Waals surface area contributed by atoms with E-state index in [-0.39, 0.29) is 16.7 Å². The van der Waals surface area contributed by atoms with Gasteiger partial charge in [0.05, 0.1) is 4.92 Å². The zero-order valence-corrected chi connectivity index (χ0v) is 12.2. The Kier molecular flexibility index (Phi) is 5.32. The lowest BCUT2D eigenvalue weighted by Gasteiger charge is -2.14. The largest absolute Gasteiger partial charge is 0.327 e. The maximum Gasteiger partial charge on any atom is 0.270 e. The summed E-state index contributed by atoms with van der Waals surface area (Å²) in [6.45, 7) is 4.28. The van der Waals surface area contributed by atoms with E-state index >= 15 is 0 Å². The van der Waals surface area contributed by atoms with Gasteiger partial charge in [0.2, 0.25) is 0 Å². The van der Waals surface area contributed by atoms with Crippen LogP contribution in [0.15, 0.2) is 18.2 Å². The summed E-state index contributed by atoms with van der Waals surface area (Å²) in [4.78, 5) is 10.2. The van der Waals surface area contributed by atoms with Gasteiger partial charge < -0.3 is 5.73 Å². The Hall–Kier alpha value is -0.690. The van der Waals surface area contributed by atoms with Gasteiger partial charge >= 0.3 is 0 Å². The van der Waals surface area contributed by atoms with Crippen molar-refractivity contribution < 1.29 is 4.92 Å². The van der Waals surface area contributed by atoms with Crippen LogP contribution in [-0.4, -0.2) is 11.0 Å². The van der Waals surface area contributed by atoms with Gasteiger partial charge in [-0.05, 0) is 46.9 Å². The van der Waals surface area contributed by atoms with Crippen LogP contribution >= 0.6 is 22.6 Å². The third kappa shape index (κ3) is 4.59. The monoisotopic (exact) mass is 348 g/mol. The van der Waals surface area contributed by atoms with Crippen LogP contribution in [-0.2, 0) is 6.42 Å². The first kappa shape index (κ1) is 14.4. The smallest absolute Gasteiger partial charge is 0.270 e. The van der Waals surface area contributed by atoms with Crippen LogP contribution in [0.3, 0.4) is 0 Å². The van der Waals surface area contributed by atoms with E-state index < -0.39 is 0 Å². The highest BCUT2D eigenvalue weighted by Crippen LogP contribution is 2.21. The maximum absolute atomic E-state index is 10.6. The Morgan fingerprint density at radius 1 is 1.47 bits per heavy atom. The Morgan fingerprint density at radius 2 is 2.12 bits per heavy atom. The van der Waals surface area contributed by atoms with E-state index in [0.29, 0.717) is 5.92 Å². The van der Waals surface area contributed by atoms with E-state index in [1.165, 1.54) is 0 Å². The minimum Gasteiger partial charge on any atom is -0.327 e. The normalized spacial score (nSPS) is 12.8. The number of halogens is 1. The summed E-state index contributed by atoms with van der Waals surface area (Å²) >= 11 is 2.13. The van der Waals surface area contributed by atoms with Crippen molar-refractivity contribution >= 4 is 28.3 Å². The van der Waals surface area contributed by atoms with Crippen molar-refractivity contribution in [1.82, 2.24) is 0 Å². The predicted octanol–water partition coefficient (Wildman–Crippen LogP) is 3.12.